The standard InChI is InChI=1S/C7H11B.3ClH.Zr/c1-2-8-6-4-3-5-7-8;;;;/h3-6H,2,7H2,1H3;3*1H;/q;;;;+3/p-3. The van der Waals surface area contributed by atoms with Crippen LogP contribution in [0.25, 0.3) is 0 Å². The molecule has 0 bridgehead atoms. The van der Waals surface area contributed by atoms with Gasteiger partial charge >= 0.3 is 26.2 Å². The van der Waals surface area contributed by atoms with Gasteiger partial charge in [-0.25, -0.2) is 0 Å². The van der Waals surface area contributed by atoms with E-state index in [2.05, 4.69) is 31.1 Å². The van der Waals surface area contributed by atoms with Crippen LogP contribution in [-0.4, -0.2) is 6.71 Å². The minimum absolute atomic E-state index is 0. The Balaban J connectivity index is -0.0000000800. The van der Waals surface area contributed by atoms with Gasteiger partial charge in [0.25, 0.3) is 0 Å². The summed E-state index contributed by atoms with van der Waals surface area (Å²) in [5.41, 5.74) is 0. The number of hydrogen-bond acceptors (Lipinski definition) is 0. The summed E-state index contributed by atoms with van der Waals surface area (Å²) >= 11 is 0. The molecule has 12 heavy (non-hydrogen) atoms. The molecule has 5 heteroatoms. The second-order valence-electron chi connectivity index (χ2n) is 2.22. The monoisotopic (exact) mass is 301 g/mol. The fourth-order valence-corrected chi connectivity index (χ4v) is 0.935. The van der Waals surface area contributed by atoms with Gasteiger partial charge in [0.15, 0.2) is 6.71 Å². The van der Waals surface area contributed by atoms with Crippen molar-refractivity contribution in [3.8, 4) is 0 Å². The predicted molar refractivity (Wildman–Crippen MR) is 39.3 cm³/mol. The normalized spacial score (nSPS) is 11.6. The van der Waals surface area contributed by atoms with E-state index >= 15 is 0 Å². The summed E-state index contributed by atoms with van der Waals surface area (Å²) in [6, 6.07) is 0. The third kappa shape index (κ3) is 9.39. The molecule has 0 nitrogen and oxygen atoms in total. The van der Waals surface area contributed by atoms with Crippen molar-refractivity contribution in [1.29, 1.82) is 0 Å². The molecule has 0 aromatic rings. The van der Waals surface area contributed by atoms with Gasteiger partial charge in [-0.3, -0.25) is 0 Å². The zero-order valence-electron chi connectivity index (χ0n) is 6.93. The van der Waals surface area contributed by atoms with Crippen LogP contribution in [0.3, 0.4) is 0 Å². The molecule has 0 saturated carbocycles. The molecule has 0 amide bonds. The maximum absolute atomic E-state index is 2.28. The van der Waals surface area contributed by atoms with Gasteiger partial charge in [-0.15, -0.1) is 5.98 Å². The van der Waals surface area contributed by atoms with E-state index in [9.17, 15) is 0 Å². The fourth-order valence-electron chi connectivity index (χ4n) is 0.935. The average molecular weight is 304 g/mol. The third-order valence-corrected chi connectivity index (χ3v) is 1.59. The molecule has 67 valence electrons. The maximum Gasteiger partial charge on any atom is 3.00 e. The molecule has 1 heterocycles. The Morgan fingerprint density at radius 1 is 1.17 bits per heavy atom. The smallest absolute Gasteiger partial charge is 1.00 e. The average Bonchev–Trinajstić information content (AvgIpc) is 1.90. The summed E-state index contributed by atoms with van der Waals surface area (Å²) in [6.45, 7) is 3.05. The number of hydrogen-bond donors (Lipinski definition) is 0. The van der Waals surface area contributed by atoms with Gasteiger partial charge in [-0.2, -0.15) is 0 Å². The molecular formula is C7H11BCl3Zr. The van der Waals surface area contributed by atoms with Gasteiger partial charge in [-0.05, 0) is 0 Å². The van der Waals surface area contributed by atoms with Crippen LogP contribution in [0.2, 0.25) is 12.6 Å². The van der Waals surface area contributed by atoms with Crippen molar-refractivity contribution in [1.82, 2.24) is 0 Å². The molecule has 0 N–H and O–H groups in total. The molecule has 0 saturated heterocycles. The largest absolute Gasteiger partial charge is 3.00 e. The molecule has 0 unspecified atom stereocenters. The molecule has 1 aliphatic heterocycles. The maximum atomic E-state index is 2.28. The van der Waals surface area contributed by atoms with E-state index in [1.807, 2.05) is 0 Å². The fraction of sp³-hybridized carbons (Fsp3) is 0.429. The second-order valence-corrected chi connectivity index (χ2v) is 2.22. The van der Waals surface area contributed by atoms with Crippen LogP contribution in [0.15, 0.2) is 24.2 Å². The first kappa shape index (κ1) is 23.3. The Morgan fingerprint density at radius 2 is 1.75 bits per heavy atom. The zero-order chi connectivity index (χ0) is 5.82. The Labute approximate surface area is 113 Å². The molecule has 1 rings (SSSR count). The van der Waals surface area contributed by atoms with E-state index in [-0.39, 0.29) is 63.4 Å². The van der Waals surface area contributed by atoms with Crippen molar-refractivity contribution >= 4 is 6.71 Å². The van der Waals surface area contributed by atoms with Crippen LogP contribution in [0.4, 0.5) is 0 Å². The van der Waals surface area contributed by atoms with Gasteiger partial charge < -0.3 is 37.2 Å². The quantitative estimate of drug-likeness (QED) is 0.423. The summed E-state index contributed by atoms with van der Waals surface area (Å²) in [5, 5.41) is 0. The van der Waals surface area contributed by atoms with Gasteiger partial charge in [0.1, 0.15) is 0 Å². The van der Waals surface area contributed by atoms with E-state index < -0.39 is 0 Å². The first-order chi connectivity index (χ1) is 3.93. The van der Waals surface area contributed by atoms with Crippen LogP contribution in [-0.2, 0) is 26.2 Å². The molecule has 1 radical (unpaired) electrons. The summed E-state index contributed by atoms with van der Waals surface area (Å²) in [4.78, 5) is 0. The molecule has 0 spiro atoms. The molecule has 0 aliphatic carbocycles. The van der Waals surface area contributed by atoms with Crippen molar-refractivity contribution in [3.63, 3.8) is 0 Å². The second kappa shape index (κ2) is 14.8. The number of halogens is 3. The van der Waals surface area contributed by atoms with Crippen molar-refractivity contribution in [2.45, 2.75) is 19.6 Å². The third-order valence-electron chi connectivity index (χ3n) is 1.59. The molecule has 0 atom stereocenters. The van der Waals surface area contributed by atoms with Crippen molar-refractivity contribution in [3.05, 3.63) is 24.2 Å². The van der Waals surface area contributed by atoms with E-state index in [0.29, 0.717) is 0 Å². The van der Waals surface area contributed by atoms with E-state index in [1.54, 1.807) is 0 Å². The Bertz CT molecular complexity index is 128. The van der Waals surface area contributed by atoms with Crippen LogP contribution in [0.1, 0.15) is 6.92 Å². The minimum atomic E-state index is 0. The van der Waals surface area contributed by atoms with E-state index in [0.717, 1.165) is 6.71 Å². The van der Waals surface area contributed by atoms with Crippen molar-refractivity contribution < 1.29 is 63.4 Å². The van der Waals surface area contributed by atoms with Crippen molar-refractivity contribution in [2.75, 3.05) is 0 Å². The van der Waals surface area contributed by atoms with Gasteiger partial charge in [0.05, 0.1) is 0 Å². The number of rotatable bonds is 1. The van der Waals surface area contributed by atoms with E-state index in [1.165, 1.54) is 12.6 Å². The summed E-state index contributed by atoms with van der Waals surface area (Å²) in [5.74, 6) is 2.28. The minimum Gasteiger partial charge on any atom is -1.00 e. The van der Waals surface area contributed by atoms with Gasteiger partial charge in [0, 0.05) is 0 Å². The first-order valence-electron chi connectivity index (χ1n) is 3.27. The Kier molecular flexibility index (Phi) is 28.7. The Hall–Kier alpha value is 1.30. The van der Waals surface area contributed by atoms with Gasteiger partial charge in [-0.1, -0.05) is 37.8 Å². The summed E-state index contributed by atoms with van der Waals surface area (Å²) in [7, 11) is 0. The molecule has 0 aromatic carbocycles. The Morgan fingerprint density at radius 3 is 2.00 bits per heavy atom. The molecule has 1 aliphatic rings. The van der Waals surface area contributed by atoms with Crippen LogP contribution < -0.4 is 37.2 Å². The SMILES string of the molecule is CCB1C=CC=CC1.[Cl-].[Cl-].[Cl-].[Zr+3]. The predicted octanol–water partition coefficient (Wildman–Crippen LogP) is -6.82. The molecule has 0 fully saturated rings. The van der Waals surface area contributed by atoms with Crippen LogP contribution in [0, 0.1) is 0 Å². The topological polar surface area (TPSA) is 0 Å². The zero-order valence-corrected chi connectivity index (χ0v) is 11.7. The van der Waals surface area contributed by atoms with Crippen molar-refractivity contribution in [2.24, 2.45) is 0 Å². The van der Waals surface area contributed by atoms with E-state index in [4.69, 9.17) is 0 Å². The molecule has 0 aromatic heterocycles. The first-order valence-corrected chi connectivity index (χ1v) is 3.27. The molecular weight excluding hydrogens is 292 g/mol. The number of allylic oxidation sites excluding steroid dienone is 3. The van der Waals surface area contributed by atoms with Crippen LogP contribution >= 0.6 is 0 Å². The summed E-state index contributed by atoms with van der Waals surface area (Å²) < 4.78 is 0. The summed E-state index contributed by atoms with van der Waals surface area (Å²) in [6.07, 6.45) is 9.01. The van der Waals surface area contributed by atoms with Gasteiger partial charge in [0.2, 0.25) is 0 Å². The van der Waals surface area contributed by atoms with Crippen LogP contribution in [0.5, 0.6) is 0 Å².